The van der Waals surface area contributed by atoms with Crippen LogP contribution in [-0.4, -0.2) is 37.2 Å². The average Bonchev–Trinajstić information content (AvgIpc) is 3.43. The molecule has 0 aromatic rings. The van der Waals surface area contributed by atoms with E-state index in [4.69, 9.17) is 14.2 Å². The van der Waals surface area contributed by atoms with Crippen LogP contribution in [-0.2, 0) is 28.6 Å². The van der Waals surface area contributed by atoms with E-state index in [1.54, 1.807) is 0 Å². The standard InChI is InChI=1S/C71H132O6/c1-4-7-10-13-16-19-22-24-26-27-28-29-30-31-32-33-34-35-36-37-38-39-40-41-42-43-45-46-49-52-55-58-61-64-70(73)76-67-68(66-75-69(72)63-60-57-54-51-48-21-18-15-12-9-6-3)77-71(74)65-62-59-56-53-50-47-44-25-23-20-17-14-11-8-5-2/h15,18,22,24,27-28,68H,4-14,16-17,19-21,23,25-26,29-67H2,1-3H3/b18-15-,24-22-,28-27-. The van der Waals surface area contributed by atoms with E-state index in [0.29, 0.717) is 19.3 Å². The van der Waals surface area contributed by atoms with Gasteiger partial charge in [0, 0.05) is 19.3 Å². The summed E-state index contributed by atoms with van der Waals surface area (Å²) in [6, 6.07) is 0. The third kappa shape index (κ3) is 64.3. The van der Waals surface area contributed by atoms with Crippen molar-refractivity contribution in [3.05, 3.63) is 36.5 Å². The SMILES string of the molecule is CCCC/C=C\CCCCCCCC(=O)OCC(COC(=O)CCCCCCCCCCCCCCCCCCCCCCC/C=C\C/C=C\CCCCCCC)OC(=O)CCCCCCCCCCCCCCCCC. The summed E-state index contributed by atoms with van der Waals surface area (Å²) in [4.78, 5) is 38.2. The zero-order chi connectivity index (χ0) is 55.7. The largest absolute Gasteiger partial charge is 0.462 e. The molecule has 1 atom stereocenters. The molecule has 77 heavy (non-hydrogen) atoms. The van der Waals surface area contributed by atoms with Crippen LogP contribution in [0.4, 0.5) is 0 Å². The van der Waals surface area contributed by atoms with Gasteiger partial charge >= 0.3 is 17.9 Å². The van der Waals surface area contributed by atoms with Gasteiger partial charge in [0.25, 0.3) is 0 Å². The second kappa shape index (κ2) is 66.1. The van der Waals surface area contributed by atoms with Crippen LogP contribution in [0.15, 0.2) is 36.5 Å². The lowest BCUT2D eigenvalue weighted by molar-refractivity contribution is -0.167. The van der Waals surface area contributed by atoms with Crippen molar-refractivity contribution in [3.63, 3.8) is 0 Å². The maximum Gasteiger partial charge on any atom is 0.306 e. The van der Waals surface area contributed by atoms with Crippen molar-refractivity contribution in [1.29, 1.82) is 0 Å². The molecule has 0 rings (SSSR count). The summed E-state index contributed by atoms with van der Waals surface area (Å²) in [6.07, 6.45) is 81.9. The molecule has 452 valence electrons. The van der Waals surface area contributed by atoms with Gasteiger partial charge in [-0.1, -0.05) is 327 Å². The molecular formula is C71H132O6. The summed E-state index contributed by atoms with van der Waals surface area (Å²) in [6.45, 7) is 6.64. The number of ether oxygens (including phenoxy) is 3. The average molecular weight is 1080 g/mol. The maximum atomic E-state index is 12.9. The van der Waals surface area contributed by atoms with E-state index in [1.807, 2.05) is 0 Å². The van der Waals surface area contributed by atoms with E-state index in [0.717, 1.165) is 70.6 Å². The summed E-state index contributed by atoms with van der Waals surface area (Å²) in [5, 5.41) is 0. The van der Waals surface area contributed by atoms with Gasteiger partial charge in [-0.2, -0.15) is 0 Å². The molecule has 0 aliphatic rings. The van der Waals surface area contributed by atoms with E-state index < -0.39 is 6.10 Å². The second-order valence-electron chi connectivity index (χ2n) is 23.4. The molecule has 0 radical (unpaired) electrons. The molecule has 1 unspecified atom stereocenters. The first kappa shape index (κ1) is 74.6. The van der Waals surface area contributed by atoms with Gasteiger partial charge in [-0.3, -0.25) is 14.4 Å². The number of hydrogen-bond acceptors (Lipinski definition) is 6. The molecule has 0 aliphatic heterocycles. The number of esters is 3. The van der Waals surface area contributed by atoms with E-state index >= 15 is 0 Å². The number of carbonyl (C=O) groups is 3. The Morgan fingerprint density at radius 3 is 0.766 bits per heavy atom. The monoisotopic (exact) mass is 1080 g/mol. The Morgan fingerprint density at radius 2 is 0.481 bits per heavy atom. The predicted octanol–water partition coefficient (Wildman–Crippen LogP) is 23.6. The van der Waals surface area contributed by atoms with E-state index in [1.165, 1.54) is 270 Å². The smallest absolute Gasteiger partial charge is 0.306 e. The van der Waals surface area contributed by atoms with Gasteiger partial charge in [-0.25, -0.2) is 0 Å². The first-order valence-corrected chi connectivity index (χ1v) is 34.5. The molecule has 0 saturated carbocycles. The Balaban J connectivity index is 4.04. The van der Waals surface area contributed by atoms with Crippen molar-refractivity contribution in [3.8, 4) is 0 Å². The van der Waals surface area contributed by atoms with Gasteiger partial charge in [0.05, 0.1) is 0 Å². The quantitative estimate of drug-likeness (QED) is 0.0261. The molecule has 0 aliphatic carbocycles. The predicted molar refractivity (Wildman–Crippen MR) is 335 cm³/mol. The third-order valence-corrected chi connectivity index (χ3v) is 15.6. The summed E-state index contributed by atoms with van der Waals surface area (Å²) >= 11 is 0. The first-order valence-electron chi connectivity index (χ1n) is 34.5. The molecule has 0 fully saturated rings. The minimum absolute atomic E-state index is 0.0686. The Hall–Kier alpha value is -2.37. The maximum absolute atomic E-state index is 12.9. The summed E-state index contributed by atoms with van der Waals surface area (Å²) in [5.41, 5.74) is 0. The van der Waals surface area contributed by atoms with E-state index in [9.17, 15) is 14.4 Å². The number of hydrogen-bond donors (Lipinski definition) is 0. The fraction of sp³-hybridized carbons (Fsp3) is 0.873. The number of rotatable bonds is 64. The molecule has 6 heteroatoms. The topological polar surface area (TPSA) is 78.9 Å². The van der Waals surface area contributed by atoms with Crippen molar-refractivity contribution >= 4 is 17.9 Å². The van der Waals surface area contributed by atoms with Crippen LogP contribution < -0.4 is 0 Å². The highest BCUT2D eigenvalue weighted by molar-refractivity contribution is 5.71. The zero-order valence-electron chi connectivity index (χ0n) is 52.0. The van der Waals surface area contributed by atoms with Crippen molar-refractivity contribution in [2.45, 2.75) is 386 Å². The van der Waals surface area contributed by atoms with Gasteiger partial charge in [0.1, 0.15) is 13.2 Å². The zero-order valence-corrected chi connectivity index (χ0v) is 52.0. The van der Waals surface area contributed by atoms with Gasteiger partial charge in [0.15, 0.2) is 6.10 Å². The van der Waals surface area contributed by atoms with Crippen LogP contribution in [0.5, 0.6) is 0 Å². The molecular weight excluding hydrogens is 949 g/mol. The number of carbonyl (C=O) groups excluding carboxylic acids is 3. The van der Waals surface area contributed by atoms with Crippen molar-refractivity contribution in [2.75, 3.05) is 13.2 Å². The minimum atomic E-state index is -0.771. The molecule has 0 aromatic heterocycles. The Morgan fingerprint density at radius 1 is 0.260 bits per heavy atom. The number of allylic oxidation sites excluding steroid dienone is 6. The molecule has 0 heterocycles. The van der Waals surface area contributed by atoms with Gasteiger partial charge < -0.3 is 14.2 Å². The van der Waals surface area contributed by atoms with Crippen molar-refractivity contribution in [1.82, 2.24) is 0 Å². The molecule has 0 spiro atoms. The lowest BCUT2D eigenvalue weighted by Crippen LogP contribution is -2.30. The van der Waals surface area contributed by atoms with Gasteiger partial charge in [0.2, 0.25) is 0 Å². The molecule has 0 N–H and O–H groups in total. The fourth-order valence-corrected chi connectivity index (χ4v) is 10.4. The van der Waals surface area contributed by atoms with Crippen LogP contribution in [0.3, 0.4) is 0 Å². The lowest BCUT2D eigenvalue weighted by Gasteiger charge is -2.18. The summed E-state index contributed by atoms with van der Waals surface area (Å²) in [7, 11) is 0. The molecule has 0 saturated heterocycles. The van der Waals surface area contributed by atoms with Crippen molar-refractivity contribution in [2.24, 2.45) is 0 Å². The minimum Gasteiger partial charge on any atom is -0.462 e. The van der Waals surface area contributed by atoms with Crippen LogP contribution in [0.1, 0.15) is 380 Å². The van der Waals surface area contributed by atoms with Crippen molar-refractivity contribution < 1.29 is 28.6 Å². The molecule has 0 aromatic carbocycles. The Labute approximate surface area is 480 Å². The fourth-order valence-electron chi connectivity index (χ4n) is 10.4. The third-order valence-electron chi connectivity index (χ3n) is 15.6. The van der Waals surface area contributed by atoms with Crippen LogP contribution in [0.2, 0.25) is 0 Å². The first-order chi connectivity index (χ1) is 38.0. The highest BCUT2D eigenvalue weighted by Gasteiger charge is 2.19. The Bertz CT molecular complexity index is 1290. The van der Waals surface area contributed by atoms with Gasteiger partial charge in [-0.05, 0) is 70.6 Å². The normalized spacial score (nSPS) is 12.2. The molecule has 0 bridgehead atoms. The van der Waals surface area contributed by atoms with Crippen LogP contribution in [0, 0.1) is 0 Å². The van der Waals surface area contributed by atoms with E-state index in [-0.39, 0.29) is 31.1 Å². The molecule has 6 nitrogen and oxygen atoms in total. The summed E-state index contributed by atoms with van der Waals surface area (Å²) in [5.74, 6) is -0.853. The number of unbranched alkanes of at least 4 members (excludes halogenated alkanes) is 47. The lowest BCUT2D eigenvalue weighted by atomic mass is 10.0. The highest BCUT2D eigenvalue weighted by Crippen LogP contribution is 2.18. The van der Waals surface area contributed by atoms with Crippen LogP contribution in [0.25, 0.3) is 0 Å². The van der Waals surface area contributed by atoms with Crippen LogP contribution >= 0.6 is 0 Å². The van der Waals surface area contributed by atoms with E-state index in [2.05, 4.69) is 57.2 Å². The summed E-state index contributed by atoms with van der Waals surface area (Å²) < 4.78 is 16.9. The van der Waals surface area contributed by atoms with Gasteiger partial charge in [-0.15, -0.1) is 0 Å². The molecule has 0 amide bonds. The second-order valence-corrected chi connectivity index (χ2v) is 23.4. The Kier molecular flexibility index (Phi) is 64.1. The highest BCUT2D eigenvalue weighted by atomic mass is 16.6.